The third-order valence-electron chi connectivity index (χ3n) is 3.17. The van der Waals surface area contributed by atoms with E-state index in [9.17, 15) is 5.11 Å². The molecule has 0 amide bonds. The number of hydrogen-bond acceptors (Lipinski definition) is 1. The number of allylic oxidation sites excluding steroid dienone is 3. The van der Waals surface area contributed by atoms with Crippen LogP contribution < -0.4 is 0 Å². The van der Waals surface area contributed by atoms with E-state index in [1.165, 1.54) is 18.4 Å². The lowest BCUT2D eigenvalue weighted by molar-refractivity contribution is 0.234. The molecule has 0 saturated heterocycles. The number of rotatable bonds is 2. The van der Waals surface area contributed by atoms with Gasteiger partial charge in [0, 0.05) is 5.92 Å². The molecule has 0 saturated carbocycles. The molecule has 0 aromatic carbocycles. The van der Waals surface area contributed by atoms with E-state index < -0.39 is 0 Å². The maximum atomic E-state index is 9.23. The van der Waals surface area contributed by atoms with E-state index in [-0.39, 0.29) is 6.10 Å². The quantitative estimate of drug-likeness (QED) is 0.669. The Morgan fingerprint density at radius 3 is 2.71 bits per heavy atom. The average Bonchev–Trinajstić information content (AvgIpc) is 2.01. The molecule has 0 unspecified atom stereocenters. The molecule has 1 aliphatic carbocycles. The van der Waals surface area contributed by atoms with Gasteiger partial charge >= 0.3 is 0 Å². The Morgan fingerprint density at radius 2 is 2.21 bits per heavy atom. The number of hydrogen-bond donors (Lipinski definition) is 1. The summed E-state index contributed by atoms with van der Waals surface area (Å²) < 4.78 is 0. The monoisotopic (exact) mass is 194 g/mol. The summed E-state index contributed by atoms with van der Waals surface area (Å²) in [6.07, 6.45) is 8.48. The molecule has 0 aromatic rings. The van der Waals surface area contributed by atoms with Crippen LogP contribution in [0.3, 0.4) is 0 Å². The largest absolute Gasteiger partial charge is 0.389 e. The normalized spacial score (nSPS) is 28.9. The van der Waals surface area contributed by atoms with E-state index in [0.717, 1.165) is 0 Å². The molecule has 0 bridgehead atoms. The number of aliphatic hydroxyl groups excluding tert-OH is 1. The van der Waals surface area contributed by atoms with Crippen molar-refractivity contribution in [3.8, 4) is 0 Å². The summed E-state index contributed by atoms with van der Waals surface area (Å²) in [7, 11) is 0. The lowest BCUT2D eigenvalue weighted by atomic mass is 9.68. The van der Waals surface area contributed by atoms with Crippen molar-refractivity contribution in [2.45, 2.75) is 46.6 Å². The van der Waals surface area contributed by atoms with Gasteiger partial charge in [-0.2, -0.15) is 0 Å². The van der Waals surface area contributed by atoms with Crippen molar-refractivity contribution in [1.82, 2.24) is 0 Å². The van der Waals surface area contributed by atoms with E-state index in [4.69, 9.17) is 0 Å². The van der Waals surface area contributed by atoms with Gasteiger partial charge in [-0.15, -0.1) is 0 Å². The summed E-state index contributed by atoms with van der Waals surface area (Å²) in [5.74, 6) is 0.492. The maximum Gasteiger partial charge on any atom is 0.0692 e. The summed E-state index contributed by atoms with van der Waals surface area (Å²) in [5.41, 5.74) is 1.78. The van der Waals surface area contributed by atoms with Crippen LogP contribution in [0.4, 0.5) is 0 Å². The standard InChI is InChI=1S/C13H22O/c1-10-6-5-9-13(3,4)12(10)8-7-11(2)14/h6-8,11-12,14H,5,9H2,1-4H3/b8-7+/t11-,12+/m1/s1. The highest BCUT2D eigenvalue weighted by Crippen LogP contribution is 2.41. The molecule has 1 heteroatoms. The topological polar surface area (TPSA) is 20.2 Å². The van der Waals surface area contributed by atoms with Gasteiger partial charge in [-0.05, 0) is 32.1 Å². The minimum atomic E-state index is -0.333. The van der Waals surface area contributed by atoms with E-state index >= 15 is 0 Å². The first-order valence-corrected chi connectivity index (χ1v) is 5.46. The fraction of sp³-hybridized carbons (Fsp3) is 0.692. The molecule has 0 spiro atoms. The second-order valence-electron chi connectivity index (χ2n) is 5.08. The summed E-state index contributed by atoms with van der Waals surface area (Å²) in [4.78, 5) is 0. The molecule has 1 N–H and O–H groups in total. The van der Waals surface area contributed by atoms with Crippen LogP contribution in [-0.4, -0.2) is 11.2 Å². The molecule has 80 valence electrons. The van der Waals surface area contributed by atoms with Crippen molar-refractivity contribution in [3.63, 3.8) is 0 Å². The van der Waals surface area contributed by atoms with Crippen LogP contribution in [0.5, 0.6) is 0 Å². The molecule has 1 nitrogen and oxygen atoms in total. The van der Waals surface area contributed by atoms with Crippen molar-refractivity contribution in [2.75, 3.05) is 0 Å². The second-order valence-corrected chi connectivity index (χ2v) is 5.08. The van der Waals surface area contributed by atoms with Gasteiger partial charge in [0.25, 0.3) is 0 Å². The predicted molar refractivity (Wildman–Crippen MR) is 61.1 cm³/mol. The SMILES string of the molecule is CC1=CCCC(C)(C)[C@H]1/C=C/[C@@H](C)O. The zero-order valence-electron chi connectivity index (χ0n) is 9.75. The van der Waals surface area contributed by atoms with Crippen LogP contribution in [0.25, 0.3) is 0 Å². The van der Waals surface area contributed by atoms with Gasteiger partial charge in [0.15, 0.2) is 0 Å². The van der Waals surface area contributed by atoms with Crippen LogP contribution in [0.15, 0.2) is 23.8 Å². The first kappa shape index (κ1) is 11.5. The predicted octanol–water partition coefficient (Wildman–Crippen LogP) is 3.31. The van der Waals surface area contributed by atoms with Gasteiger partial charge < -0.3 is 5.11 Å². The molecule has 0 aliphatic heterocycles. The Labute approximate surface area is 87.5 Å². The van der Waals surface area contributed by atoms with Gasteiger partial charge in [-0.3, -0.25) is 0 Å². The molecule has 0 fully saturated rings. The second kappa shape index (κ2) is 4.31. The molecule has 14 heavy (non-hydrogen) atoms. The summed E-state index contributed by atoms with van der Waals surface area (Å²) >= 11 is 0. The average molecular weight is 194 g/mol. The highest BCUT2D eigenvalue weighted by Gasteiger charge is 2.30. The molecule has 0 aromatic heterocycles. The molecular weight excluding hydrogens is 172 g/mol. The van der Waals surface area contributed by atoms with Crippen molar-refractivity contribution in [3.05, 3.63) is 23.8 Å². The molecule has 1 rings (SSSR count). The van der Waals surface area contributed by atoms with E-state index in [2.05, 4.69) is 32.9 Å². The molecule has 0 radical (unpaired) electrons. The minimum absolute atomic E-state index is 0.333. The van der Waals surface area contributed by atoms with Crippen LogP contribution in [-0.2, 0) is 0 Å². The zero-order chi connectivity index (χ0) is 10.8. The molecule has 1 aliphatic rings. The van der Waals surface area contributed by atoms with Crippen molar-refractivity contribution < 1.29 is 5.11 Å². The maximum absolute atomic E-state index is 9.23. The van der Waals surface area contributed by atoms with Crippen molar-refractivity contribution in [1.29, 1.82) is 0 Å². The Balaban J connectivity index is 2.81. The zero-order valence-corrected chi connectivity index (χ0v) is 9.75. The van der Waals surface area contributed by atoms with Crippen molar-refractivity contribution in [2.24, 2.45) is 11.3 Å². The van der Waals surface area contributed by atoms with E-state index in [0.29, 0.717) is 11.3 Å². The molecular formula is C13H22O. The Bertz CT molecular complexity index is 246. The van der Waals surface area contributed by atoms with E-state index in [1.54, 1.807) is 6.92 Å². The van der Waals surface area contributed by atoms with Gasteiger partial charge in [0.2, 0.25) is 0 Å². The van der Waals surface area contributed by atoms with Gasteiger partial charge in [-0.1, -0.05) is 37.6 Å². The van der Waals surface area contributed by atoms with E-state index in [1.807, 2.05) is 6.08 Å². The molecule has 0 heterocycles. The number of aliphatic hydroxyl groups is 1. The lowest BCUT2D eigenvalue weighted by Gasteiger charge is -2.36. The smallest absolute Gasteiger partial charge is 0.0692 e. The first-order valence-electron chi connectivity index (χ1n) is 5.46. The Hall–Kier alpha value is -0.560. The highest BCUT2D eigenvalue weighted by atomic mass is 16.3. The summed E-state index contributed by atoms with van der Waals surface area (Å²) in [6, 6.07) is 0. The first-order chi connectivity index (χ1) is 6.43. The third kappa shape index (κ3) is 2.71. The lowest BCUT2D eigenvalue weighted by Crippen LogP contribution is -2.26. The van der Waals surface area contributed by atoms with Crippen LogP contribution >= 0.6 is 0 Å². The highest BCUT2D eigenvalue weighted by molar-refractivity contribution is 5.19. The third-order valence-corrected chi connectivity index (χ3v) is 3.17. The van der Waals surface area contributed by atoms with Crippen LogP contribution in [0.2, 0.25) is 0 Å². The van der Waals surface area contributed by atoms with Crippen LogP contribution in [0.1, 0.15) is 40.5 Å². The van der Waals surface area contributed by atoms with Gasteiger partial charge in [0.05, 0.1) is 6.10 Å². The summed E-state index contributed by atoms with van der Waals surface area (Å²) in [6.45, 7) is 8.60. The fourth-order valence-electron chi connectivity index (χ4n) is 2.25. The van der Waals surface area contributed by atoms with Crippen LogP contribution in [0, 0.1) is 11.3 Å². The van der Waals surface area contributed by atoms with Gasteiger partial charge in [-0.25, -0.2) is 0 Å². The molecule has 2 atom stereocenters. The fourth-order valence-corrected chi connectivity index (χ4v) is 2.25. The van der Waals surface area contributed by atoms with Crippen molar-refractivity contribution >= 4 is 0 Å². The Morgan fingerprint density at radius 1 is 1.57 bits per heavy atom. The van der Waals surface area contributed by atoms with Gasteiger partial charge in [0.1, 0.15) is 0 Å². The summed E-state index contributed by atoms with van der Waals surface area (Å²) in [5, 5.41) is 9.23. The Kier molecular flexibility index (Phi) is 3.54. The minimum Gasteiger partial charge on any atom is -0.389 e.